The van der Waals surface area contributed by atoms with Gasteiger partial charge in [-0.25, -0.2) is 0 Å². The average Bonchev–Trinajstić information content (AvgIpc) is 2.03. The van der Waals surface area contributed by atoms with Crippen molar-refractivity contribution < 1.29 is 0 Å². The van der Waals surface area contributed by atoms with Crippen molar-refractivity contribution in [3.8, 4) is 0 Å². The summed E-state index contributed by atoms with van der Waals surface area (Å²) in [5, 5.41) is 0. The average molecular weight is 165 g/mol. The molecule has 0 bridgehead atoms. The Morgan fingerprint density at radius 1 is 1.67 bits per heavy atom. The first-order valence-electron chi connectivity index (χ1n) is 4.79. The van der Waals surface area contributed by atoms with Crippen LogP contribution in [0, 0.1) is 5.92 Å². The Balaban J connectivity index is 2.25. The van der Waals surface area contributed by atoms with Gasteiger partial charge in [0, 0.05) is 6.04 Å². The van der Waals surface area contributed by atoms with E-state index in [1.807, 2.05) is 0 Å². The molecule has 2 N–H and O–H groups in total. The van der Waals surface area contributed by atoms with Crippen molar-refractivity contribution in [2.45, 2.75) is 39.2 Å². The third-order valence-corrected chi connectivity index (χ3v) is 2.37. The molecule has 0 heterocycles. The molecule has 2 atom stereocenters. The molecule has 2 unspecified atom stereocenters. The molecule has 0 aromatic heterocycles. The van der Waals surface area contributed by atoms with Crippen LogP contribution in [-0.2, 0) is 0 Å². The van der Waals surface area contributed by atoms with Crippen molar-refractivity contribution in [2.75, 3.05) is 0 Å². The van der Waals surface area contributed by atoms with E-state index < -0.39 is 0 Å². The van der Waals surface area contributed by atoms with Gasteiger partial charge in [0.15, 0.2) is 0 Å². The lowest BCUT2D eigenvalue weighted by Crippen LogP contribution is -2.16. The zero-order valence-corrected chi connectivity index (χ0v) is 8.09. The van der Waals surface area contributed by atoms with Crippen LogP contribution >= 0.6 is 0 Å². The Hall–Kier alpha value is -0.560. The molecule has 0 aromatic rings. The highest BCUT2D eigenvalue weighted by Crippen LogP contribution is 2.20. The number of rotatable bonds is 3. The highest BCUT2D eigenvalue weighted by atomic mass is 14.6. The molecule has 0 saturated carbocycles. The van der Waals surface area contributed by atoms with Crippen LogP contribution in [0.25, 0.3) is 0 Å². The van der Waals surface area contributed by atoms with Crippen LogP contribution in [0.1, 0.15) is 33.1 Å². The molecular formula is C11H19N. The topological polar surface area (TPSA) is 26.0 Å². The standard InChI is InChI=1S/C11H19N/c1-9-3-6-11(7-4-9)8-5-10(2)12/h3-4,6,10-11H,5,7-8,12H2,1-2H3. The molecule has 1 rings (SSSR count). The Bertz CT molecular complexity index is 189. The van der Waals surface area contributed by atoms with Gasteiger partial charge in [0.1, 0.15) is 0 Å². The van der Waals surface area contributed by atoms with E-state index in [0.29, 0.717) is 6.04 Å². The van der Waals surface area contributed by atoms with Crippen molar-refractivity contribution >= 4 is 0 Å². The first kappa shape index (κ1) is 9.53. The quantitative estimate of drug-likeness (QED) is 0.683. The number of hydrogen-bond acceptors (Lipinski definition) is 1. The fourth-order valence-electron chi connectivity index (χ4n) is 1.46. The first-order chi connectivity index (χ1) is 5.68. The van der Waals surface area contributed by atoms with Gasteiger partial charge in [-0.1, -0.05) is 23.8 Å². The van der Waals surface area contributed by atoms with Crippen LogP contribution in [-0.4, -0.2) is 6.04 Å². The largest absolute Gasteiger partial charge is 0.328 e. The summed E-state index contributed by atoms with van der Waals surface area (Å²) in [4.78, 5) is 0. The van der Waals surface area contributed by atoms with Gasteiger partial charge >= 0.3 is 0 Å². The molecule has 0 amide bonds. The zero-order chi connectivity index (χ0) is 8.97. The fourth-order valence-corrected chi connectivity index (χ4v) is 1.46. The van der Waals surface area contributed by atoms with E-state index in [9.17, 15) is 0 Å². The summed E-state index contributed by atoms with van der Waals surface area (Å²) in [6.07, 6.45) is 10.4. The monoisotopic (exact) mass is 165 g/mol. The van der Waals surface area contributed by atoms with Crippen LogP contribution in [0.2, 0.25) is 0 Å². The third kappa shape index (κ3) is 3.22. The van der Waals surface area contributed by atoms with E-state index in [1.54, 1.807) is 0 Å². The Kier molecular flexibility index (Phi) is 3.54. The van der Waals surface area contributed by atoms with Gasteiger partial charge in [-0.15, -0.1) is 0 Å². The maximum Gasteiger partial charge on any atom is 0.00106 e. The molecule has 0 spiro atoms. The Labute approximate surface area is 75.3 Å². The van der Waals surface area contributed by atoms with Gasteiger partial charge in [0.05, 0.1) is 0 Å². The molecular weight excluding hydrogens is 146 g/mol. The van der Waals surface area contributed by atoms with Crippen molar-refractivity contribution in [1.82, 2.24) is 0 Å². The summed E-state index contributed by atoms with van der Waals surface area (Å²) >= 11 is 0. The summed E-state index contributed by atoms with van der Waals surface area (Å²) in [5.74, 6) is 0.736. The molecule has 1 aliphatic carbocycles. The van der Waals surface area contributed by atoms with Gasteiger partial charge in [-0.3, -0.25) is 0 Å². The third-order valence-electron chi connectivity index (χ3n) is 2.37. The maximum atomic E-state index is 5.70. The number of nitrogens with two attached hydrogens (primary N) is 1. The number of allylic oxidation sites excluding steroid dienone is 4. The molecule has 0 aliphatic heterocycles. The molecule has 0 aromatic carbocycles. The minimum Gasteiger partial charge on any atom is -0.328 e. The van der Waals surface area contributed by atoms with Crippen molar-refractivity contribution in [3.63, 3.8) is 0 Å². The Morgan fingerprint density at radius 3 is 2.92 bits per heavy atom. The molecule has 1 heteroatoms. The van der Waals surface area contributed by atoms with E-state index >= 15 is 0 Å². The first-order valence-corrected chi connectivity index (χ1v) is 4.79. The smallest absolute Gasteiger partial charge is 0.00106 e. The lowest BCUT2D eigenvalue weighted by molar-refractivity contribution is 0.520. The van der Waals surface area contributed by atoms with Crippen LogP contribution in [0.5, 0.6) is 0 Å². The molecule has 0 saturated heterocycles. The fraction of sp³-hybridized carbons (Fsp3) is 0.636. The minimum atomic E-state index is 0.352. The summed E-state index contributed by atoms with van der Waals surface area (Å²) in [5.41, 5.74) is 7.09. The van der Waals surface area contributed by atoms with Crippen molar-refractivity contribution in [3.05, 3.63) is 23.8 Å². The lowest BCUT2D eigenvalue weighted by atomic mass is 9.92. The lowest BCUT2D eigenvalue weighted by Gasteiger charge is -2.15. The molecule has 68 valence electrons. The van der Waals surface area contributed by atoms with Gasteiger partial charge in [0.2, 0.25) is 0 Å². The van der Waals surface area contributed by atoms with E-state index in [-0.39, 0.29) is 0 Å². The highest BCUT2D eigenvalue weighted by molar-refractivity contribution is 5.21. The maximum absolute atomic E-state index is 5.70. The van der Waals surface area contributed by atoms with Gasteiger partial charge < -0.3 is 5.73 Å². The summed E-state index contributed by atoms with van der Waals surface area (Å²) < 4.78 is 0. The second-order valence-corrected chi connectivity index (χ2v) is 3.86. The zero-order valence-electron chi connectivity index (χ0n) is 8.09. The van der Waals surface area contributed by atoms with Crippen LogP contribution in [0.3, 0.4) is 0 Å². The molecule has 1 aliphatic rings. The molecule has 0 radical (unpaired) electrons. The normalized spacial score (nSPS) is 25.2. The van der Waals surface area contributed by atoms with Crippen LogP contribution < -0.4 is 5.73 Å². The SMILES string of the molecule is CC1=CCC(CCC(C)N)C=C1. The second kappa shape index (κ2) is 4.46. The Morgan fingerprint density at radius 2 is 2.42 bits per heavy atom. The molecule has 12 heavy (non-hydrogen) atoms. The van der Waals surface area contributed by atoms with Gasteiger partial charge in [-0.2, -0.15) is 0 Å². The van der Waals surface area contributed by atoms with E-state index in [2.05, 4.69) is 32.1 Å². The number of hydrogen-bond donors (Lipinski definition) is 1. The summed E-state index contributed by atoms with van der Waals surface area (Å²) in [6.45, 7) is 4.23. The predicted octanol–water partition coefficient (Wildman–Crippen LogP) is 2.64. The molecule has 1 nitrogen and oxygen atoms in total. The van der Waals surface area contributed by atoms with Crippen molar-refractivity contribution in [2.24, 2.45) is 11.7 Å². The van der Waals surface area contributed by atoms with E-state index in [1.165, 1.54) is 18.4 Å². The van der Waals surface area contributed by atoms with Gasteiger partial charge in [-0.05, 0) is 39.0 Å². The predicted molar refractivity (Wildman–Crippen MR) is 53.9 cm³/mol. The molecule has 0 fully saturated rings. The second-order valence-electron chi connectivity index (χ2n) is 3.86. The van der Waals surface area contributed by atoms with Crippen LogP contribution in [0.4, 0.5) is 0 Å². The van der Waals surface area contributed by atoms with E-state index in [0.717, 1.165) is 12.3 Å². The van der Waals surface area contributed by atoms with Crippen molar-refractivity contribution in [1.29, 1.82) is 0 Å². The van der Waals surface area contributed by atoms with Gasteiger partial charge in [0.25, 0.3) is 0 Å². The highest BCUT2D eigenvalue weighted by Gasteiger charge is 2.07. The minimum absolute atomic E-state index is 0.352. The summed E-state index contributed by atoms with van der Waals surface area (Å²) in [6, 6.07) is 0.352. The van der Waals surface area contributed by atoms with Crippen LogP contribution in [0.15, 0.2) is 23.8 Å². The van der Waals surface area contributed by atoms with E-state index in [4.69, 9.17) is 5.73 Å². The summed E-state index contributed by atoms with van der Waals surface area (Å²) in [7, 11) is 0.